The zero-order chi connectivity index (χ0) is 12.2. The smallest absolute Gasteiger partial charge is 0.00821 e. The average molecular weight is 226 g/mol. The Morgan fingerprint density at radius 3 is 2.38 bits per heavy atom. The lowest BCUT2D eigenvalue weighted by atomic mass is 10.1. The molecule has 0 aromatic heterocycles. The molecule has 0 bridgehead atoms. The highest BCUT2D eigenvalue weighted by molar-refractivity contribution is 4.75. The first kappa shape index (κ1) is 15.7. The van der Waals surface area contributed by atoms with Gasteiger partial charge in [-0.3, -0.25) is 0 Å². The lowest BCUT2D eigenvalue weighted by molar-refractivity contribution is 0.277. The van der Waals surface area contributed by atoms with E-state index in [0.29, 0.717) is 6.04 Å². The molecule has 96 valence electrons. The second-order valence-electron chi connectivity index (χ2n) is 4.33. The van der Waals surface area contributed by atoms with Gasteiger partial charge in [-0.15, -0.1) is 6.58 Å². The van der Waals surface area contributed by atoms with E-state index in [1.54, 1.807) is 0 Å². The fourth-order valence-electron chi connectivity index (χ4n) is 1.89. The molecule has 2 heteroatoms. The summed E-state index contributed by atoms with van der Waals surface area (Å²) in [5, 5.41) is 3.63. The van der Waals surface area contributed by atoms with E-state index >= 15 is 0 Å². The minimum atomic E-state index is 0.665. The van der Waals surface area contributed by atoms with Crippen molar-refractivity contribution in [1.29, 1.82) is 0 Å². The van der Waals surface area contributed by atoms with E-state index in [0.717, 1.165) is 13.0 Å². The Morgan fingerprint density at radius 1 is 1.19 bits per heavy atom. The minimum Gasteiger partial charge on any atom is -0.314 e. The zero-order valence-electron chi connectivity index (χ0n) is 11.5. The van der Waals surface area contributed by atoms with Crippen molar-refractivity contribution in [2.75, 3.05) is 26.2 Å². The third kappa shape index (κ3) is 7.89. The van der Waals surface area contributed by atoms with Crippen LogP contribution in [0.2, 0.25) is 0 Å². The summed E-state index contributed by atoms with van der Waals surface area (Å²) in [6.07, 6.45) is 6.85. The van der Waals surface area contributed by atoms with E-state index in [2.05, 4.69) is 37.6 Å². The van der Waals surface area contributed by atoms with Crippen molar-refractivity contribution in [1.82, 2.24) is 10.2 Å². The van der Waals surface area contributed by atoms with Gasteiger partial charge in [0.2, 0.25) is 0 Å². The van der Waals surface area contributed by atoms with Crippen molar-refractivity contribution >= 4 is 0 Å². The van der Waals surface area contributed by atoms with Crippen LogP contribution in [-0.2, 0) is 0 Å². The molecular weight excluding hydrogens is 196 g/mol. The van der Waals surface area contributed by atoms with Gasteiger partial charge in [-0.1, -0.05) is 26.8 Å². The summed E-state index contributed by atoms with van der Waals surface area (Å²) in [4.78, 5) is 2.49. The molecule has 0 aromatic rings. The molecule has 0 fully saturated rings. The van der Waals surface area contributed by atoms with E-state index in [1.165, 1.54) is 38.9 Å². The monoisotopic (exact) mass is 226 g/mol. The van der Waals surface area contributed by atoms with E-state index in [-0.39, 0.29) is 0 Å². The summed E-state index contributed by atoms with van der Waals surface area (Å²) >= 11 is 0. The first-order valence-electron chi connectivity index (χ1n) is 6.85. The molecule has 0 saturated carbocycles. The molecule has 0 amide bonds. The highest BCUT2D eigenvalue weighted by atomic mass is 15.1. The molecule has 16 heavy (non-hydrogen) atoms. The van der Waals surface area contributed by atoms with Crippen LogP contribution in [-0.4, -0.2) is 37.1 Å². The van der Waals surface area contributed by atoms with E-state index in [9.17, 15) is 0 Å². The number of hydrogen-bond acceptors (Lipinski definition) is 2. The number of nitrogens with one attached hydrogen (secondary N) is 1. The van der Waals surface area contributed by atoms with Gasteiger partial charge >= 0.3 is 0 Å². The Balaban J connectivity index is 3.83. The minimum absolute atomic E-state index is 0.665. The van der Waals surface area contributed by atoms with Crippen LogP contribution in [0.4, 0.5) is 0 Å². The van der Waals surface area contributed by atoms with E-state index in [1.807, 2.05) is 6.08 Å². The highest BCUT2D eigenvalue weighted by Crippen LogP contribution is 2.04. The van der Waals surface area contributed by atoms with Crippen molar-refractivity contribution in [3.63, 3.8) is 0 Å². The lowest BCUT2D eigenvalue weighted by Crippen LogP contribution is -2.34. The first-order valence-corrected chi connectivity index (χ1v) is 6.85. The van der Waals surface area contributed by atoms with Gasteiger partial charge in [0.1, 0.15) is 0 Å². The predicted molar refractivity (Wildman–Crippen MR) is 73.9 cm³/mol. The van der Waals surface area contributed by atoms with Crippen molar-refractivity contribution in [3.05, 3.63) is 12.7 Å². The molecule has 1 N–H and O–H groups in total. The standard InChI is InChI=1S/C14H30N2/c1-5-9-10-14(15-12-6-2)11-13-16(7-3)8-4/h5,14-15H,1,6-13H2,2-4H3. The van der Waals surface area contributed by atoms with Gasteiger partial charge in [-0.05, 0) is 51.9 Å². The SMILES string of the molecule is C=CCCC(CCN(CC)CC)NCCC. The largest absolute Gasteiger partial charge is 0.314 e. The topological polar surface area (TPSA) is 15.3 Å². The van der Waals surface area contributed by atoms with Crippen LogP contribution in [0.5, 0.6) is 0 Å². The summed E-state index contributed by atoms with van der Waals surface area (Å²) < 4.78 is 0. The number of rotatable bonds is 11. The van der Waals surface area contributed by atoms with Crippen LogP contribution in [0.3, 0.4) is 0 Å². The molecular formula is C14H30N2. The van der Waals surface area contributed by atoms with Gasteiger partial charge in [0.15, 0.2) is 0 Å². The Hall–Kier alpha value is -0.340. The number of allylic oxidation sites excluding steroid dienone is 1. The molecule has 0 aromatic carbocycles. The molecule has 0 aliphatic rings. The second kappa shape index (κ2) is 11.2. The fraction of sp³-hybridized carbons (Fsp3) is 0.857. The zero-order valence-corrected chi connectivity index (χ0v) is 11.5. The third-order valence-corrected chi connectivity index (χ3v) is 3.09. The maximum absolute atomic E-state index is 3.80. The van der Waals surface area contributed by atoms with Crippen LogP contribution in [0.1, 0.15) is 46.5 Å². The van der Waals surface area contributed by atoms with Crippen LogP contribution in [0.25, 0.3) is 0 Å². The van der Waals surface area contributed by atoms with Gasteiger partial charge < -0.3 is 10.2 Å². The van der Waals surface area contributed by atoms with Crippen molar-refractivity contribution in [3.8, 4) is 0 Å². The summed E-state index contributed by atoms with van der Waals surface area (Å²) in [6.45, 7) is 15.2. The number of hydrogen-bond donors (Lipinski definition) is 1. The molecule has 0 saturated heterocycles. The van der Waals surface area contributed by atoms with Crippen LogP contribution >= 0.6 is 0 Å². The normalized spacial score (nSPS) is 13.0. The molecule has 0 aliphatic carbocycles. The predicted octanol–water partition coefficient (Wildman–Crippen LogP) is 3.05. The van der Waals surface area contributed by atoms with Crippen LogP contribution < -0.4 is 5.32 Å². The number of nitrogens with zero attached hydrogens (tertiary/aromatic N) is 1. The van der Waals surface area contributed by atoms with Crippen molar-refractivity contribution < 1.29 is 0 Å². The summed E-state index contributed by atoms with van der Waals surface area (Å²) in [6, 6.07) is 0.665. The Bertz CT molecular complexity index is 153. The third-order valence-electron chi connectivity index (χ3n) is 3.09. The van der Waals surface area contributed by atoms with Crippen molar-refractivity contribution in [2.24, 2.45) is 0 Å². The Labute approximate surface area is 102 Å². The van der Waals surface area contributed by atoms with Crippen molar-refractivity contribution in [2.45, 2.75) is 52.5 Å². The Kier molecular flexibility index (Phi) is 10.9. The fourth-order valence-corrected chi connectivity index (χ4v) is 1.89. The molecule has 0 heterocycles. The molecule has 1 unspecified atom stereocenters. The molecule has 1 atom stereocenters. The van der Waals surface area contributed by atoms with Gasteiger partial charge in [-0.2, -0.15) is 0 Å². The Morgan fingerprint density at radius 2 is 1.88 bits per heavy atom. The first-order chi connectivity index (χ1) is 7.78. The van der Waals surface area contributed by atoms with Gasteiger partial charge in [0.25, 0.3) is 0 Å². The average Bonchev–Trinajstić information content (AvgIpc) is 2.32. The summed E-state index contributed by atoms with van der Waals surface area (Å²) in [5.74, 6) is 0. The van der Waals surface area contributed by atoms with Gasteiger partial charge in [-0.25, -0.2) is 0 Å². The van der Waals surface area contributed by atoms with E-state index in [4.69, 9.17) is 0 Å². The quantitative estimate of drug-likeness (QED) is 0.545. The molecule has 0 spiro atoms. The molecule has 2 nitrogen and oxygen atoms in total. The van der Waals surface area contributed by atoms with Crippen LogP contribution in [0.15, 0.2) is 12.7 Å². The maximum atomic E-state index is 3.80. The van der Waals surface area contributed by atoms with Crippen LogP contribution in [0, 0.1) is 0 Å². The molecule has 0 radical (unpaired) electrons. The summed E-state index contributed by atoms with van der Waals surface area (Å²) in [7, 11) is 0. The lowest BCUT2D eigenvalue weighted by Gasteiger charge is -2.23. The maximum Gasteiger partial charge on any atom is 0.00821 e. The van der Waals surface area contributed by atoms with E-state index < -0.39 is 0 Å². The molecule has 0 rings (SSSR count). The summed E-state index contributed by atoms with van der Waals surface area (Å²) in [5.41, 5.74) is 0. The highest BCUT2D eigenvalue weighted by Gasteiger charge is 2.08. The van der Waals surface area contributed by atoms with Gasteiger partial charge in [0, 0.05) is 6.04 Å². The molecule has 0 aliphatic heterocycles. The van der Waals surface area contributed by atoms with Gasteiger partial charge in [0.05, 0.1) is 0 Å². The second-order valence-corrected chi connectivity index (χ2v) is 4.33.